The smallest absolute Gasteiger partial charge is 0.160 e. The second-order valence-corrected chi connectivity index (χ2v) is 15.0. The van der Waals surface area contributed by atoms with Crippen LogP contribution in [0.4, 0.5) is 0 Å². The number of hydrogen-bond acceptors (Lipinski definition) is 4. The monoisotopic (exact) mass is 752 g/mol. The third-order valence-electron chi connectivity index (χ3n) is 11.8. The van der Waals surface area contributed by atoms with Crippen molar-refractivity contribution in [2.75, 3.05) is 0 Å². The summed E-state index contributed by atoms with van der Waals surface area (Å²) in [7, 11) is 0. The second kappa shape index (κ2) is 14.3. The van der Waals surface area contributed by atoms with Gasteiger partial charge in [-0.2, -0.15) is 0 Å². The van der Waals surface area contributed by atoms with E-state index in [-0.39, 0.29) is 0 Å². The Kier molecular flexibility index (Phi) is 8.34. The third-order valence-corrected chi connectivity index (χ3v) is 11.8. The molecule has 0 saturated heterocycles. The van der Waals surface area contributed by atoms with Crippen LogP contribution < -0.4 is 0 Å². The van der Waals surface area contributed by atoms with Crippen molar-refractivity contribution in [3.63, 3.8) is 0 Å². The molecule has 4 heteroatoms. The molecule has 0 saturated carbocycles. The fraction of sp³-hybridized carbons (Fsp3) is 0.0182. The van der Waals surface area contributed by atoms with E-state index in [4.69, 9.17) is 15.0 Å². The van der Waals surface area contributed by atoms with E-state index in [1.807, 2.05) is 36.8 Å². The number of benzene rings is 7. The van der Waals surface area contributed by atoms with Crippen molar-refractivity contribution < 1.29 is 0 Å². The number of fused-ring (bicyclic) bond motifs is 4. The summed E-state index contributed by atoms with van der Waals surface area (Å²) in [4.78, 5) is 19.5. The lowest BCUT2D eigenvalue weighted by Crippen LogP contribution is -2.28. The third kappa shape index (κ3) is 5.84. The van der Waals surface area contributed by atoms with Crippen molar-refractivity contribution >= 4 is 10.9 Å². The maximum Gasteiger partial charge on any atom is 0.160 e. The first kappa shape index (κ1) is 34.4. The molecule has 1 aliphatic carbocycles. The number of nitrogens with zero attached hydrogens (tertiary/aromatic N) is 4. The van der Waals surface area contributed by atoms with E-state index >= 15 is 0 Å². The molecule has 3 heterocycles. The molecule has 0 N–H and O–H groups in total. The quantitative estimate of drug-likeness (QED) is 0.163. The van der Waals surface area contributed by atoms with Crippen molar-refractivity contribution in [2.45, 2.75) is 5.41 Å². The molecule has 11 rings (SSSR count). The highest BCUT2D eigenvalue weighted by Gasteiger charge is 2.46. The van der Waals surface area contributed by atoms with E-state index in [1.165, 1.54) is 33.4 Å². The van der Waals surface area contributed by atoms with Crippen LogP contribution in [-0.4, -0.2) is 19.9 Å². The maximum absolute atomic E-state index is 5.32. The molecule has 0 aliphatic heterocycles. The molecule has 0 fully saturated rings. The predicted octanol–water partition coefficient (Wildman–Crippen LogP) is 13.1. The van der Waals surface area contributed by atoms with Gasteiger partial charge in [-0.15, -0.1) is 0 Å². The fourth-order valence-corrected chi connectivity index (χ4v) is 9.00. The summed E-state index contributed by atoms with van der Waals surface area (Å²) in [5.41, 5.74) is 17.1. The van der Waals surface area contributed by atoms with Gasteiger partial charge in [0, 0.05) is 46.2 Å². The lowest BCUT2D eigenvalue weighted by atomic mass is 9.67. The Balaban J connectivity index is 1.07. The summed E-state index contributed by atoms with van der Waals surface area (Å²) < 4.78 is 0. The van der Waals surface area contributed by atoms with Gasteiger partial charge in [0.25, 0.3) is 0 Å². The van der Waals surface area contributed by atoms with E-state index in [0.717, 1.165) is 61.2 Å². The zero-order valence-electron chi connectivity index (χ0n) is 32.1. The van der Waals surface area contributed by atoms with Gasteiger partial charge in [-0.05, 0) is 80.4 Å². The molecule has 3 aromatic heterocycles. The molecule has 0 bridgehead atoms. The Morgan fingerprint density at radius 1 is 0.339 bits per heavy atom. The number of aromatic nitrogens is 4. The Labute approximate surface area is 343 Å². The van der Waals surface area contributed by atoms with Gasteiger partial charge in [-0.25, -0.2) is 9.97 Å². The average molecular weight is 753 g/mol. The highest BCUT2D eigenvalue weighted by atomic mass is 14.9. The molecule has 0 spiro atoms. The molecule has 0 radical (unpaired) electrons. The first-order valence-corrected chi connectivity index (χ1v) is 19.9. The first-order chi connectivity index (χ1) is 29.2. The molecule has 1 aliphatic rings. The minimum Gasteiger partial charge on any atom is -0.265 e. The lowest BCUT2D eigenvalue weighted by Gasteiger charge is -2.33. The Morgan fingerprint density at radius 3 is 1.58 bits per heavy atom. The van der Waals surface area contributed by atoms with Crippen LogP contribution in [0.15, 0.2) is 219 Å². The molecular formula is C55H36N4. The molecule has 10 aromatic rings. The summed E-state index contributed by atoms with van der Waals surface area (Å²) in [6, 6.07) is 71.3. The Morgan fingerprint density at radius 2 is 0.881 bits per heavy atom. The van der Waals surface area contributed by atoms with Crippen LogP contribution in [0.25, 0.3) is 78.2 Å². The van der Waals surface area contributed by atoms with Crippen LogP contribution in [0.1, 0.15) is 22.3 Å². The normalized spacial score (nSPS) is 12.5. The topological polar surface area (TPSA) is 51.6 Å². The number of para-hydroxylation sites is 1. The van der Waals surface area contributed by atoms with Crippen LogP contribution in [0, 0.1) is 0 Å². The van der Waals surface area contributed by atoms with Crippen molar-refractivity contribution in [3.05, 3.63) is 241 Å². The van der Waals surface area contributed by atoms with Gasteiger partial charge in [-0.1, -0.05) is 170 Å². The molecule has 0 atom stereocenters. The van der Waals surface area contributed by atoms with E-state index in [1.54, 1.807) is 0 Å². The van der Waals surface area contributed by atoms with Gasteiger partial charge in [0.15, 0.2) is 5.82 Å². The van der Waals surface area contributed by atoms with Crippen LogP contribution >= 0.6 is 0 Å². The van der Waals surface area contributed by atoms with E-state index in [9.17, 15) is 0 Å². The second-order valence-electron chi connectivity index (χ2n) is 15.0. The summed E-state index contributed by atoms with van der Waals surface area (Å²) in [5.74, 6) is 0.676. The molecule has 7 aromatic carbocycles. The molecule has 0 amide bonds. The van der Waals surface area contributed by atoms with Gasteiger partial charge in [0.05, 0.1) is 22.3 Å². The average Bonchev–Trinajstić information content (AvgIpc) is 3.62. The van der Waals surface area contributed by atoms with E-state index in [2.05, 4.69) is 187 Å². The van der Waals surface area contributed by atoms with Gasteiger partial charge in [0.2, 0.25) is 0 Å². The summed E-state index contributed by atoms with van der Waals surface area (Å²) in [5, 5.41) is 1.12. The number of pyridine rings is 2. The predicted molar refractivity (Wildman–Crippen MR) is 240 cm³/mol. The van der Waals surface area contributed by atoms with Crippen molar-refractivity contribution in [3.8, 4) is 67.3 Å². The summed E-state index contributed by atoms with van der Waals surface area (Å²) in [6.07, 6.45) is 5.51. The molecular weight excluding hydrogens is 717 g/mol. The minimum absolute atomic E-state index is 0.473. The lowest BCUT2D eigenvalue weighted by molar-refractivity contribution is 0.768. The Hall–Kier alpha value is -7.82. The number of rotatable bonds is 7. The van der Waals surface area contributed by atoms with Crippen molar-refractivity contribution in [1.29, 1.82) is 0 Å². The molecule has 4 nitrogen and oxygen atoms in total. The fourth-order valence-electron chi connectivity index (χ4n) is 9.00. The molecule has 59 heavy (non-hydrogen) atoms. The number of hydrogen-bond donors (Lipinski definition) is 0. The van der Waals surface area contributed by atoms with Gasteiger partial charge < -0.3 is 0 Å². The zero-order valence-corrected chi connectivity index (χ0v) is 32.1. The molecule has 276 valence electrons. The van der Waals surface area contributed by atoms with Crippen LogP contribution in [0.2, 0.25) is 0 Å². The van der Waals surface area contributed by atoms with Gasteiger partial charge in [0.1, 0.15) is 0 Å². The van der Waals surface area contributed by atoms with Gasteiger partial charge in [-0.3, -0.25) is 9.97 Å². The van der Waals surface area contributed by atoms with Crippen molar-refractivity contribution in [1.82, 2.24) is 19.9 Å². The van der Waals surface area contributed by atoms with E-state index in [0.29, 0.717) is 5.82 Å². The zero-order chi connectivity index (χ0) is 39.2. The largest absolute Gasteiger partial charge is 0.265 e. The highest BCUT2D eigenvalue weighted by molar-refractivity contribution is 5.94. The van der Waals surface area contributed by atoms with Crippen LogP contribution in [0.3, 0.4) is 0 Å². The van der Waals surface area contributed by atoms with Crippen LogP contribution in [0.5, 0.6) is 0 Å². The first-order valence-electron chi connectivity index (χ1n) is 19.9. The summed E-state index contributed by atoms with van der Waals surface area (Å²) in [6.45, 7) is 0. The van der Waals surface area contributed by atoms with Crippen LogP contribution in [-0.2, 0) is 5.41 Å². The summed E-state index contributed by atoms with van der Waals surface area (Å²) >= 11 is 0. The van der Waals surface area contributed by atoms with Gasteiger partial charge >= 0.3 is 0 Å². The maximum atomic E-state index is 5.32. The van der Waals surface area contributed by atoms with Crippen molar-refractivity contribution in [2.24, 2.45) is 0 Å². The minimum atomic E-state index is -0.473. The SMILES string of the molecule is c1ccc(C2(c3ccccc3)c3ccccc3-c3cc(-c4nc(-c5ccc(-c6ccncc6)cc5)cc(-c5ccc(-c6cccc7cccnc67)cc5)n4)ccc32)cc1. The Bertz CT molecular complexity index is 3080. The standard InChI is InChI=1S/C55H36N4/c1-3-13-44(14-4-1)55(45-15-5-2-6-16-45)49-19-8-7-17-47(49)48-35-43(28-29-50(48)55)54-58-51(40-24-20-37(21-25-40)38-30-33-56-34-31-38)36-52(59-54)41-26-22-39(23-27-41)46-18-9-11-42-12-10-32-57-53(42)46/h1-36H. The molecule has 0 unspecified atom stereocenters. The van der Waals surface area contributed by atoms with E-state index < -0.39 is 5.41 Å². The highest BCUT2D eigenvalue weighted by Crippen LogP contribution is 2.56.